The molecule has 96 valence electrons. The van der Waals surface area contributed by atoms with Crippen molar-refractivity contribution in [3.05, 3.63) is 34.2 Å². The van der Waals surface area contributed by atoms with Crippen molar-refractivity contribution in [3.63, 3.8) is 0 Å². The Labute approximate surface area is 118 Å². The highest BCUT2D eigenvalue weighted by Crippen LogP contribution is 2.34. The topological polar surface area (TPSA) is 68.0 Å². The van der Waals surface area contributed by atoms with Crippen molar-refractivity contribution >= 4 is 52.2 Å². The summed E-state index contributed by atoms with van der Waals surface area (Å²) in [5, 5.41) is 4.81. The fourth-order valence-corrected chi connectivity index (χ4v) is 3.44. The van der Waals surface area contributed by atoms with Crippen molar-refractivity contribution in [3.8, 4) is 0 Å². The SMILES string of the molecule is CSc1csc(C=C2C(=O)Nc3ncc(N)cc32)c1. The van der Waals surface area contributed by atoms with Crippen LogP contribution in [0.3, 0.4) is 0 Å². The molecular formula is C13H11N3OS2. The molecule has 0 fully saturated rings. The second-order valence-corrected chi connectivity index (χ2v) is 5.89. The van der Waals surface area contributed by atoms with Crippen LogP contribution in [0.4, 0.5) is 11.5 Å². The van der Waals surface area contributed by atoms with Gasteiger partial charge in [0.1, 0.15) is 5.82 Å². The third-order valence-electron chi connectivity index (χ3n) is 2.79. The van der Waals surface area contributed by atoms with Crippen LogP contribution < -0.4 is 11.1 Å². The van der Waals surface area contributed by atoms with Gasteiger partial charge in [-0.25, -0.2) is 4.98 Å². The number of hydrogen-bond acceptors (Lipinski definition) is 5. The molecule has 3 rings (SSSR count). The molecule has 0 spiro atoms. The Morgan fingerprint density at radius 1 is 1.47 bits per heavy atom. The van der Waals surface area contributed by atoms with Gasteiger partial charge in [0.05, 0.1) is 17.5 Å². The minimum absolute atomic E-state index is 0.132. The van der Waals surface area contributed by atoms with Crippen molar-refractivity contribution in [2.75, 3.05) is 17.3 Å². The summed E-state index contributed by atoms with van der Waals surface area (Å²) in [4.78, 5) is 18.3. The molecule has 0 radical (unpaired) electrons. The Morgan fingerprint density at radius 2 is 2.32 bits per heavy atom. The van der Waals surface area contributed by atoms with Crippen molar-refractivity contribution in [2.24, 2.45) is 0 Å². The molecule has 2 aromatic rings. The number of nitrogens with two attached hydrogens (primary N) is 1. The molecule has 3 heterocycles. The van der Waals surface area contributed by atoms with Crippen LogP contribution in [0.15, 0.2) is 28.6 Å². The molecule has 4 nitrogen and oxygen atoms in total. The van der Waals surface area contributed by atoms with Crippen LogP contribution in [-0.4, -0.2) is 17.1 Å². The first-order valence-corrected chi connectivity index (χ1v) is 7.69. The molecular weight excluding hydrogens is 278 g/mol. The first-order valence-electron chi connectivity index (χ1n) is 5.59. The molecule has 19 heavy (non-hydrogen) atoms. The number of amides is 1. The average molecular weight is 289 g/mol. The molecule has 2 aromatic heterocycles. The number of carbonyl (C=O) groups excluding carboxylic acids is 1. The van der Waals surface area contributed by atoms with E-state index < -0.39 is 0 Å². The predicted molar refractivity (Wildman–Crippen MR) is 81.3 cm³/mol. The van der Waals surface area contributed by atoms with E-state index in [4.69, 9.17) is 5.73 Å². The van der Waals surface area contributed by atoms with E-state index in [2.05, 4.69) is 21.7 Å². The van der Waals surface area contributed by atoms with Gasteiger partial charge in [0.25, 0.3) is 5.91 Å². The molecule has 3 N–H and O–H groups in total. The third kappa shape index (κ3) is 2.24. The minimum Gasteiger partial charge on any atom is -0.397 e. The van der Waals surface area contributed by atoms with Gasteiger partial charge in [-0.2, -0.15) is 0 Å². The van der Waals surface area contributed by atoms with Crippen molar-refractivity contribution in [1.82, 2.24) is 4.98 Å². The van der Waals surface area contributed by atoms with E-state index >= 15 is 0 Å². The first-order chi connectivity index (χ1) is 9.17. The van der Waals surface area contributed by atoms with Gasteiger partial charge in [-0.1, -0.05) is 0 Å². The quantitative estimate of drug-likeness (QED) is 0.659. The van der Waals surface area contributed by atoms with E-state index in [1.807, 2.05) is 12.3 Å². The average Bonchev–Trinajstić information content (AvgIpc) is 2.96. The predicted octanol–water partition coefficient (Wildman–Crippen LogP) is 2.94. The number of fused-ring (bicyclic) bond motifs is 1. The first kappa shape index (κ1) is 12.3. The zero-order chi connectivity index (χ0) is 13.4. The maximum Gasteiger partial charge on any atom is 0.257 e. The standard InChI is InChI=1S/C13H11N3OS2/c1-18-9-3-8(19-6-9)4-11-10-2-7(14)5-15-12(10)16-13(11)17/h2-6H,14H2,1H3,(H,15,16,17). The third-order valence-corrected chi connectivity index (χ3v) is 4.53. The number of nitrogens with zero attached hydrogens (tertiary/aromatic N) is 1. The van der Waals surface area contributed by atoms with E-state index in [9.17, 15) is 4.79 Å². The Hall–Kier alpha value is -1.79. The number of aromatic nitrogens is 1. The highest BCUT2D eigenvalue weighted by atomic mass is 32.2. The fourth-order valence-electron chi connectivity index (χ4n) is 1.89. The highest BCUT2D eigenvalue weighted by molar-refractivity contribution is 7.98. The lowest BCUT2D eigenvalue weighted by atomic mass is 10.1. The maximum atomic E-state index is 12.0. The van der Waals surface area contributed by atoms with E-state index in [1.54, 1.807) is 35.4 Å². The summed E-state index contributed by atoms with van der Waals surface area (Å²) in [6, 6.07) is 3.84. The lowest BCUT2D eigenvalue weighted by Crippen LogP contribution is -2.04. The van der Waals surface area contributed by atoms with Crippen molar-refractivity contribution in [2.45, 2.75) is 4.90 Å². The zero-order valence-corrected chi connectivity index (χ0v) is 11.8. The van der Waals surface area contributed by atoms with Crippen LogP contribution in [0.5, 0.6) is 0 Å². The number of hydrogen-bond donors (Lipinski definition) is 2. The molecule has 6 heteroatoms. The van der Waals surface area contributed by atoms with Gasteiger partial charge in [-0.15, -0.1) is 23.1 Å². The number of carbonyl (C=O) groups is 1. The summed E-state index contributed by atoms with van der Waals surface area (Å²) >= 11 is 3.30. The maximum absolute atomic E-state index is 12.0. The van der Waals surface area contributed by atoms with E-state index in [1.165, 1.54) is 4.90 Å². The van der Waals surface area contributed by atoms with Crippen LogP contribution in [-0.2, 0) is 4.79 Å². The van der Waals surface area contributed by atoms with E-state index in [-0.39, 0.29) is 5.91 Å². The van der Waals surface area contributed by atoms with Gasteiger partial charge in [0, 0.05) is 20.7 Å². The van der Waals surface area contributed by atoms with Crippen LogP contribution in [0.25, 0.3) is 11.6 Å². The number of pyridine rings is 1. The van der Waals surface area contributed by atoms with Crippen LogP contribution in [0.1, 0.15) is 10.4 Å². The van der Waals surface area contributed by atoms with Crippen LogP contribution >= 0.6 is 23.1 Å². The van der Waals surface area contributed by atoms with Crippen LogP contribution in [0.2, 0.25) is 0 Å². The second kappa shape index (κ2) is 4.71. The number of nitrogens with one attached hydrogen (secondary N) is 1. The molecule has 0 saturated heterocycles. The molecule has 0 aromatic carbocycles. The van der Waals surface area contributed by atoms with Crippen molar-refractivity contribution in [1.29, 1.82) is 0 Å². The normalized spacial score (nSPS) is 15.6. The summed E-state index contributed by atoms with van der Waals surface area (Å²) in [7, 11) is 0. The highest BCUT2D eigenvalue weighted by Gasteiger charge is 2.25. The molecule has 1 amide bonds. The van der Waals surface area contributed by atoms with Gasteiger partial charge >= 0.3 is 0 Å². The summed E-state index contributed by atoms with van der Waals surface area (Å²) in [5.74, 6) is 0.444. The van der Waals surface area contributed by atoms with E-state index in [0.717, 1.165) is 10.4 Å². The van der Waals surface area contributed by atoms with Crippen molar-refractivity contribution < 1.29 is 4.79 Å². The van der Waals surface area contributed by atoms with Gasteiger partial charge in [-0.05, 0) is 24.5 Å². The zero-order valence-electron chi connectivity index (χ0n) is 10.1. The van der Waals surface area contributed by atoms with Gasteiger partial charge in [0.2, 0.25) is 0 Å². The molecule has 0 saturated carbocycles. The van der Waals surface area contributed by atoms with Gasteiger partial charge < -0.3 is 11.1 Å². The molecule has 0 aliphatic carbocycles. The van der Waals surface area contributed by atoms with Crippen LogP contribution in [0, 0.1) is 0 Å². The van der Waals surface area contributed by atoms with E-state index in [0.29, 0.717) is 17.1 Å². The molecule has 1 aliphatic rings. The lowest BCUT2D eigenvalue weighted by Gasteiger charge is -1.98. The number of thioether (sulfide) groups is 1. The van der Waals surface area contributed by atoms with Gasteiger partial charge in [-0.3, -0.25) is 4.79 Å². The lowest BCUT2D eigenvalue weighted by molar-refractivity contribution is -0.110. The molecule has 0 bridgehead atoms. The second-order valence-electron chi connectivity index (χ2n) is 4.07. The summed E-state index contributed by atoms with van der Waals surface area (Å²) in [6.07, 6.45) is 5.45. The number of thiophene rings is 1. The minimum atomic E-state index is -0.132. The Kier molecular flexibility index (Phi) is 3.04. The largest absolute Gasteiger partial charge is 0.397 e. The van der Waals surface area contributed by atoms with Gasteiger partial charge in [0.15, 0.2) is 0 Å². The molecule has 1 aliphatic heterocycles. The molecule has 0 unspecified atom stereocenters. The Balaban J connectivity index is 2.06. The smallest absolute Gasteiger partial charge is 0.257 e. The monoisotopic (exact) mass is 289 g/mol. The molecule has 0 atom stereocenters. The Bertz CT molecular complexity index is 691. The summed E-state index contributed by atoms with van der Waals surface area (Å²) < 4.78 is 0. The number of rotatable bonds is 2. The summed E-state index contributed by atoms with van der Waals surface area (Å²) in [6.45, 7) is 0. The number of anilines is 2. The summed E-state index contributed by atoms with van der Waals surface area (Å²) in [5.41, 5.74) is 7.66. The Morgan fingerprint density at radius 3 is 3.05 bits per heavy atom. The number of nitrogen functional groups attached to an aromatic ring is 1. The fraction of sp³-hybridized carbons (Fsp3) is 0.0769.